The number of alkyl carbamates (subject to hydrolysis) is 1. The average molecular weight is 602 g/mol. The van der Waals surface area contributed by atoms with Crippen LogP contribution in [0.15, 0.2) is 72.8 Å². The molecule has 0 fully saturated rings. The molecule has 0 heterocycles. The summed E-state index contributed by atoms with van der Waals surface area (Å²) in [7, 11) is 0. The van der Waals surface area contributed by atoms with E-state index in [0.717, 1.165) is 11.1 Å². The minimum atomic E-state index is -1.14. The van der Waals surface area contributed by atoms with Crippen LogP contribution >= 0.6 is 11.6 Å². The second-order valence-electron chi connectivity index (χ2n) is 11.4. The van der Waals surface area contributed by atoms with Crippen LogP contribution in [0.25, 0.3) is 0 Å². The molecule has 0 aromatic heterocycles. The van der Waals surface area contributed by atoms with Crippen molar-refractivity contribution >= 4 is 35.2 Å². The molecule has 7 nitrogen and oxygen atoms in total. The molecule has 43 heavy (non-hydrogen) atoms. The smallest absolute Gasteiger partial charge is 0.408 e. The van der Waals surface area contributed by atoms with Gasteiger partial charge in [0.2, 0.25) is 5.91 Å². The predicted octanol–water partition coefficient (Wildman–Crippen LogP) is 7.07. The highest BCUT2D eigenvalue weighted by molar-refractivity contribution is 6.34. The van der Waals surface area contributed by atoms with Crippen LogP contribution in [0.3, 0.4) is 0 Å². The molecule has 0 aliphatic carbocycles. The molecular formula is C35H40ClN3O4. The lowest BCUT2D eigenvalue weighted by Crippen LogP contribution is -2.55. The highest BCUT2D eigenvalue weighted by Crippen LogP contribution is 2.32. The summed E-state index contributed by atoms with van der Waals surface area (Å²) in [4.78, 5) is 43.5. The molecule has 3 rings (SSSR count). The van der Waals surface area contributed by atoms with Crippen LogP contribution in [0.5, 0.6) is 0 Å². The molecule has 0 saturated carbocycles. The van der Waals surface area contributed by atoms with Crippen LogP contribution in [0.4, 0.5) is 10.5 Å². The molecule has 0 radical (unpaired) electrons. The van der Waals surface area contributed by atoms with Crippen molar-refractivity contribution < 1.29 is 19.1 Å². The van der Waals surface area contributed by atoms with E-state index in [2.05, 4.69) is 16.6 Å². The summed E-state index contributed by atoms with van der Waals surface area (Å²) >= 11 is 6.48. The van der Waals surface area contributed by atoms with E-state index in [0.29, 0.717) is 28.3 Å². The van der Waals surface area contributed by atoms with Crippen molar-refractivity contribution in [1.82, 2.24) is 10.2 Å². The Bertz CT molecular complexity index is 1460. The molecule has 3 unspecified atom stereocenters. The van der Waals surface area contributed by atoms with Crippen LogP contribution in [0.2, 0.25) is 5.02 Å². The fourth-order valence-electron chi connectivity index (χ4n) is 4.74. The molecule has 3 amide bonds. The van der Waals surface area contributed by atoms with Crippen molar-refractivity contribution in [2.75, 3.05) is 5.32 Å². The van der Waals surface area contributed by atoms with E-state index < -0.39 is 41.6 Å². The van der Waals surface area contributed by atoms with Gasteiger partial charge in [-0.3, -0.25) is 9.59 Å². The molecule has 3 atom stereocenters. The minimum absolute atomic E-state index is 0.181. The summed E-state index contributed by atoms with van der Waals surface area (Å²) < 4.78 is 5.52. The summed E-state index contributed by atoms with van der Waals surface area (Å²) in [5, 5.41) is 6.10. The molecule has 2 N–H and O–H groups in total. The fourth-order valence-corrected chi connectivity index (χ4v) is 5.01. The number of carbonyl (C=O) groups is 3. The zero-order valence-corrected chi connectivity index (χ0v) is 26.4. The Labute approximate surface area is 260 Å². The number of benzene rings is 3. The molecule has 0 saturated heterocycles. The first-order valence-electron chi connectivity index (χ1n) is 14.3. The maximum Gasteiger partial charge on any atom is 0.408 e. The Kier molecular flexibility index (Phi) is 11.4. The number of carbonyl (C=O) groups excluding carboxylic acids is 3. The van der Waals surface area contributed by atoms with Gasteiger partial charge in [-0.2, -0.15) is 0 Å². The van der Waals surface area contributed by atoms with Crippen molar-refractivity contribution in [2.24, 2.45) is 0 Å². The molecule has 226 valence electrons. The number of para-hydroxylation sites is 1. The summed E-state index contributed by atoms with van der Waals surface area (Å²) in [5.74, 6) is 1.73. The third-order valence-corrected chi connectivity index (χ3v) is 7.31. The maximum absolute atomic E-state index is 14.7. The number of anilines is 1. The number of hydrogen-bond acceptors (Lipinski definition) is 4. The molecule has 0 aliphatic heterocycles. The van der Waals surface area contributed by atoms with E-state index in [1.807, 2.05) is 57.2 Å². The summed E-state index contributed by atoms with van der Waals surface area (Å²) in [6, 6.07) is 19.1. The fraction of sp³-hybridized carbons (Fsp3) is 0.343. The average Bonchev–Trinajstić information content (AvgIpc) is 2.96. The van der Waals surface area contributed by atoms with Crippen molar-refractivity contribution in [2.45, 2.75) is 78.1 Å². The van der Waals surface area contributed by atoms with E-state index in [4.69, 9.17) is 22.8 Å². The van der Waals surface area contributed by atoms with Crippen molar-refractivity contribution in [3.8, 4) is 12.3 Å². The summed E-state index contributed by atoms with van der Waals surface area (Å²) in [5.41, 5.74) is 2.22. The SMILES string of the molecule is C#Cc1ccccc1C(C(=O)Nc1c(C)cccc1Cl)N(C(=O)C(Cc1ccccc1)NC(=O)OC(C)(C)C)C(C)CC. The lowest BCUT2D eigenvalue weighted by atomic mass is 9.94. The van der Waals surface area contributed by atoms with Crippen molar-refractivity contribution in [3.63, 3.8) is 0 Å². The number of amides is 3. The second kappa shape index (κ2) is 14.8. The molecule has 0 bridgehead atoms. The Morgan fingerprint density at radius 2 is 1.65 bits per heavy atom. The Morgan fingerprint density at radius 3 is 2.26 bits per heavy atom. The van der Waals surface area contributed by atoms with Crippen LogP contribution in [-0.4, -0.2) is 40.5 Å². The van der Waals surface area contributed by atoms with Gasteiger partial charge in [-0.1, -0.05) is 85.1 Å². The summed E-state index contributed by atoms with van der Waals surface area (Å²) in [6.45, 7) is 10.9. The number of ether oxygens (including phenoxy) is 1. The number of terminal acetylenes is 1. The molecular weight excluding hydrogens is 562 g/mol. The number of hydrogen-bond donors (Lipinski definition) is 2. The Morgan fingerprint density at radius 1 is 1.00 bits per heavy atom. The van der Waals surface area contributed by atoms with Gasteiger partial charge in [-0.15, -0.1) is 6.42 Å². The molecule has 8 heteroatoms. The Balaban J connectivity index is 2.16. The molecule has 0 spiro atoms. The third kappa shape index (κ3) is 8.86. The standard InChI is InChI=1S/C35H40ClN3O4/c1-8-24(4)39(33(41)29(22-25-17-11-10-12-18-25)37-34(42)43-35(5,6)7)31(27-20-14-13-19-26(27)9-2)32(40)38-30-23(3)16-15-21-28(30)36/h2,10-21,24,29,31H,8,22H2,1,3-7H3,(H,37,42)(H,38,40). The largest absolute Gasteiger partial charge is 0.444 e. The molecule has 3 aromatic rings. The van der Waals surface area contributed by atoms with E-state index in [9.17, 15) is 14.4 Å². The first-order valence-corrected chi connectivity index (χ1v) is 14.7. The number of aryl methyl sites for hydroxylation is 1. The van der Waals surface area contributed by atoms with Crippen LogP contribution in [-0.2, 0) is 20.7 Å². The maximum atomic E-state index is 14.7. The predicted molar refractivity (Wildman–Crippen MR) is 172 cm³/mol. The lowest BCUT2D eigenvalue weighted by Gasteiger charge is -2.38. The topological polar surface area (TPSA) is 87.7 Å². The zero-order valence-electron chi connectivity index (χ0n) is 25.6. The third-order valence-electron chi connectivity index (χ3n) is 7.00. The first-order chi connectivity index (χ1) is 20.4. The van der Waals surface area contributed by atoms with Gasteiger partial charge >= 0.3 is 6.09 Å². The molecule has 3 aromatic carbocycles. The lowest BCUT2D eigenvalue weighted by molar-refractivity contribution is -0.143. The normalized spacial score (nSPS) is 13.2. The van der Waals surface area contributed by atoms with Crippen LogP contribution < -0.4 is 10.6 Å². The van der Waals surface area contributed by atoms with Gasteiger partial charge in [-0.25, -0.2) is 4.79 Å². The minimum Gasteiger partial charge on any atom is -0.444 e. The van der Waals surface area contributed by atoms with Gasteiger partial charge in [0.1, 0.15) is 17.7 Å². The van der Waals surface area contributed by atoms with E-state index in [1.165, 1.54) is 4.90 Å². The van der Waals surface area contributed by atoms with Gasteiger partial charge in [0.25, 0.3) is 5.91 Å². The van der Waals surface area contributed by atoms with E-state index >= 15 is 0 Å². The Hall–Kier alpha value is -4.28. The summed E-state index contributed by atoms with van der Waals surface area (Å²) in [6.07, 6.45) is 5.86. The van der Waals surface area contributed by atoms with Gasteiger partial charge < -0.3 is 20.3 Å². The zero-order chi connectivity index (χ0) is 31.7. The number of nitrogens with one attached hydrogen (secondary N) is 2. The highest BCUT2D eigenvalue weighted by atomic mass is 35.5. The number of halogens is 1. The van der Waals surface area contributed by atoms with Gasteiger partial charge in [-0.05, 0) is 69.9 Å². The van der Waals surface area contributed by atoms with E-state index in [1.54, 1.807) is 57.2 Å². The molecule has 0 aliphatic rings. The number of rotatable bonds is 10. The van der Waals surface area contributed by atoms with Crippen LogP contribution in [0, 0.1) is 19.3 Å². The second-order valence-corrected chi connectivity index (χ2v) is 11.9. The van der Waals surface area contributed by atoms with Gasteiger partial charge in [0.15, 0.2) is 0 Å². The van der Waals surface area contributed by atoms with Crippen LogP contribution in [0.1, 0.15) is 69.3 Å². The van der Waals surface area contributed by atoms with Crippen molar-refractivity contribution in [3.05, 3.63) is 100 Å². The monoisotopic (exact) mass is 601 g/mol. The quantitative estimate of drug-likeness (QED) is 0.243. The van der Waals surface area contributed by atoms with Gasteiger partial charge in [0, 0.05) is 18.0 Å². The number of nitrogens with zero attached hydrogens (tertiary/aromatic N) is 1. The first kappa shape index (κ1) is 33.2. The van der Waals surface area contributed by atoms with Crippen molar-refractivity contribution in [1.29, 1.82) is 0 Å². The van der Waals surface area contributed by atoms with Gasteiger partial charge in [0.05, 0.1) is 10.7 Å². The van der Waals surface area contributed by atoms with E-state index in [-0.39, 0.29) is 6.42 Å². The highest BCUT2D eigenvalue weighted by Gasteiger charge is 2.39.